The molecule has 0 aromatic heterocycles. The molecule has 11 nitrogen and oxygen atoms in total. The van der Waals surface area contributed by atoms with Crippen LogP contribution in [0.15, 0.2) is 36.4 Å². The zero-order valence-corrected chi connectivity index (χ0v) is 17.3. The first-order chi connectivity index (χ1) is 14.5. The van der Waals surface area contributed by atoms with Crippen molar-refractivity contribution in [2.24, 2.45) is 5.92 Å². The quantitative estimate of drug-likeness (QED) is 0.351. The number of nitrogens with one attached hydrogen (secondary N) is 2. The molecule has 0 saturated carbocycles. The topological polar surface area (TPSA) is 171 Å². The molecule has 0 aliphatic rings. The first kappa shape index (κ1) is 24.2. The van der Waals surface area contributed by atoms with Crippen molar-refractivity contribution >= 4 is 46.2 Å². The molecule has 31 heavy (non-hydrogen) atoms. The molecule has 0 radical (unpaired) electrons. The standard InChI is InChI=1S/C19H21ClN4O7/c1-10(2)7-15(19(26)27)22-17-14(8-13(23(28)29)9-16(17)24(30)31)18(25)21-12-5-3-11(20)4-6-12/h3-6,8-10,15,22,30-31H,7H2,1-2H3,(H,21,25)(H,26,27)/q-2/t15-/m1/s1. The van der Waals surface area contributed by atoms with Crippen molar-refractivity contribution in [3.05, 3.63) is 57.4 Å². The van der Waals surface area contributed by atoms with Crippen LogP contribution >= 0.6 is 11.6 Å². The first-order valence-corrected chi connectivity index (χ1v) is 9.44. The fraction of sp³-hybridized carbons (Fsp3) is 0.263. The molecular formula is C19H21ClN4O7-2. The Morgan fingerprint density at radius 1 is 1.13 bits per heavy atom. The molecule has 0 fully saturated rings. The van der Waals surface area contributed by atoms with Crippen LogP contribution in [0.25, 0.3) is 0 Å². The van der Waals surface area contributed by atoms with E-state index in [0.29, 0.717) is 10.7 Å². The molecule has 2 rings (SSSR count). The van der Waals surface area contributed by atoms with E-state index in [1.54, 1.807) is 13.8 Å². The molecule has 0 unspecified atom stereocenters. The van der Waals surface area contributed by atoms with E-state index in [1.165, 1.54) is 24.3 Å². The fourth-order valence-electron chi connectivity index (χ4n) is 2.80. The predicted molar refractivity (Wildman–Crippen MR) is 116 cm³/mol. The van der Waals surface area contributed by atoms with Crippen LogP contribution in [-0.2, 0) is 4.79 Å². The van der Waals surface area contributed by atoms with Crippen molar-refractivity contribution < 1.29 is 25.1 Å². The zero-order valence-electron chi connectivity index (χ0n) is 16.6. The lowest BCUT2D eigenvalue weighted by Gasteiger charge is -2.38. The van der Waals surface area contributed by atoms with Crippen LogP contribution in [0.3, 0.4) is 0 Å². The number of carbonyl (C=O) groups excluding carboxylic acids is 1. The number of carboxylic acids is 1. The minimum Gasteiger partial charge on any atom is -0.769 e. The Labute approximate surface area is 182 Å². The highest BCUT2D eigenvalue weighted by atomic mass is 35.5. The van der Waals surface area contributed by atoms with Crippen molar-refractivity contribution in [3.8, 4) is 0 Å². The monoisotopic (exact) mass is 452 g/mol. The molecule has 2 aromatic carbocycles. The third-order valence-electron chi connectivity index (χ3n) is 4.20. The average Bonchev–Trinajstić information content (AvgIpc) is 2.68. The van der Waals surface area contributed by atoms with Gasteiger partial charge in [-0.25, -0.2) is 4.79 Å². The Morgan fingerprint density at radius 3 is 2.23 bits per heavy atom. The van der Waals surface area contributed by atoms with Crippen LogP contribution < -0.4 is 21.1 Å². The second kappa shape index (κ2) is 10.3. The van der Waals surface area contributed by atoms with Crippen molar-refractivity contribution in [1.82, 2.24) is 0 Å². The van der Waals surface area contributed by atoms with Crippen molar-refractivity contribution in [1.29, 1.82) is 0 Å². The highest BCUT2D eigenvalue weighted by Gasteiger charge is 2.26. The van der Waals surface area contributed by atoms with Gasteiger partial charge in [0.1, 0.15) is 11.7 Å². The Balaban J connectivity index is 2.57. The van der Waals surface area contributed by atoms with Gasteiger partial charge in [0.15, 0.2) is 0 Å². The number of carboxylic acid groups (broad SMARTS) is 1. The number of halogens is 1. The summed E-state index contributed by atoms with van der Waals surface area (Å²) in [5.74, 6) is -2.14. The Kier molecular flexibility index (Phi) is 8.02. The van der Waals surface area contributed by atoms with Gasteiger partial charge in [-0.15, -0.1) is 5.23 Å². The summed E-state index contributed by atoms with van der Waals surface area (Å²) < 4.78 is 0. The number of hydrogen-bond donors (Lipinski definition) is 5. The number of amides is 1. The SMILES string of the molecule is CC(C)C[C@@H](Nc1c(C(=O)Nc2ccc(Cl)cc2)cc(N([O-])[O-])cc1N(O)O)C(=O)O. The van der Waals surface area contributed by atoms with Crippen LogP contribution in [0, 0.1) is 16.3 Å². The van der Waals surface area contributed by atoms with Crippen LogP contribution in [0.2, 0.25) is 5.02 Å². The molecule has 1 atom stereocenters. The molecule has 0 saturated heterocycles. The summed E-state index contributed by atoms with van der Waals surface area (Å²) in [6.07, 6.45) is 0.140. The van der Waals surface area contributed by atoms with Crippen molar-refractivity contribution in [2.45, 2.75) is 26.3 Å². The van der Waals surface area contributed by atoms with E-state index < -0.39 is 39.7 Å². The third-order valence-corrected chi connectivity index (χ3v) is 4.45. The molecule has 0 aliphatic carbocycles. The number of anilines is 4. The van der Waals surface area contributed by atoms with Gasteiger partial charge in [0.25, 0.3) is 5.91 Å². The minimum absolute atomic E-state index is 0.0548. The van der Waals surface area contributed by atoms with E-state index in [2.05, 4.69) is 10.6 Å². The molecule has 2 aromatic rings. The second-order valence-corrected chi connectivity index (χ2v) is 7.50. The summed E-state index contributed by atoms with van der Waals surface area (Å²) >= 11 is 5.82. The summed E-state index contributed by atoms with van der Waals surface area (Å²) in [6.45, 7) is 3.57. The first-order valence-electron chi connectivity index (χ1n) is 9.06. The normalized spacial score (nSPS) is 11.7. The van der Waals surface area contributed by atoms with E-state index in [-0.39, 0.29) is 23.6 Å². The molecule has 12 heteroatoms. The molecule has 1 amide bonds. The number of aliphatic carboxylic acids is 1. The summed E-state index contributed by atoms with van der Waals surface area (Å²) in [6, 6.07) is 6.53. The number of benzene rings is 2. The molecule has 0 bridgehead atoms. The molecule has 0 heterocycles. The predicted octanol–water partition coefficient (Wildman–Crippen LogP) is 3.89. The van der Waals surface area contributed by atoms with Crippen LogP contribution in [0.4, 0.5) is 22.7 Å². The van der Waals surface area contributed by atoms with Gasteiger partial charge < -0.3 is 31.4 Å². The maximum Gasteiger partial charge on any atom is 0.326 e. The number of hydrogen-bond acceptors (Lipinski definition) is 9. The summed E-state index contributed by atoms with van der Waals surface area (Å²) in [5, 5.41) is 55.6. The molecule has 0 spiro atoms. The molecule has 168 valence electrons. The molecular weight excluding hydrogens is 432 g/mol. The van der Waals surface area contributed by atoms with Crippen molar-refractivity contribution in [2.75, 3.05) is 21.1 Å². The van der Waals surface area contributed by atoms with E-state index in [1.807, 2.05) is 0 Å². The van der Waals surface area contributed by atoms with Gasteiger partial charge in [-0.1, -0.05) is 25.4 Å². The van der Waals surface area contributed by atoms with Gasteiger partial charge in [0, 0.05) is 16.4 Å². The van der Waals surface area contributed by atoms with Gasteiger partial charge in [0.2, 0.25) is 0 Å². The number of nitrogens with zero attached hydrogens (tertiary/aromatic N) is 2. The van der Waals surface area contributed by atoms with Gasteiger partial charge in [0.05, 0.1) is 11.3 Å². The Bertz CT molecular complexity index is 936. The number of carbonyl (C=O) groups is 2. The van der Waals surface area contributed by atoms with Crippen LogP contribution in [-0.4, -0.2) is 33.4 Å². The van der Waals surface area contributed by atoms with Gasteiger partial charge in [-0.3, -0.25) is 15.2 Å². The van der Waals surface area contributed by atoms with E-state index in [9.17, 15) is 35.5 Å². The third kappa shape index (κ3) is 6.44. The van der Waals surface area contributed by atoms with Gasteiger partial charge >= 0.3 is 5.97 Å². The van der Waals surface area contributed by atoms with E-state index >= 15 is 0 Å². The molecule has 5 N–H and O–H groups in total. The van der Waals surface area contributed by atoms with E-state index in [0.717, 1.165) is 12.1 Å². The maximum atomic E-state index is 12.9. The maximum absolute atomic E-state index is 12.9. The van der Waals surface area contributed by atoms with Crippen LogP contribution in [0.5, 0.6) is 0 Å². The lowest BCUT2D eigenvalue weighted by atomic mass is 10.0. The highest BCUT2D eigenvalue weighted by Crippen LogP contribution is 2.35. The summed E-state index contributed by atoms with van der Waals surface area (Å²) in [4.78, 5) is 24.6. The smallest absolute Gasteiger partial charge is 0.326 e. The Morgan fingerprint density at radius 2 is 1.74 bits per heavy atom. The number of rotatable bonds is 9. The summed E-state index contributed by atoms with van der Waals surface area (Å²) in [5.41, 5.74) is -1.51. The van der Waals surface area contributed by atoms with Crippen molar-refractivity contribution in [3.63, 3.8) is 0 Å². The molecule has 0 aliphatic heterocycles. The Hall–Kier alpha value is -3.09. The second-order valence-electron chi connectivity index (χ2n) is 7.06. The van der Waals surface area contributed by atoms with Gasteiger partial charge in [-0.05, 0) is 48.7 Å². The zero-order chi connectivity index (χ0) is 23.3. The lowest BCUT2D eigenvalue weighted by Crippen LogP contribution is -2.33. The van der Waals surface area contributed by atoms with Crippen LogP contribution in [0.1, 0.15) is 30.6 Å². The van der Waals surface area contributed by atoms with E-state index in [4.69, 9.17) is 11.6 Å². The van der Waals surface area contributed by atoms with Gasteiger partial charge in [-0.2, -0.15) is 0 Å². The fourth-order valence-corrected chi connectivity index (χ4v) is 2.93. The lowest BCUT2D eigenvalue weighted by molar-refractivity contribution is -0.138. The minimum atomic E-state index is -1.25. The largest absolute Gasteiger partial charge is 0.769 e. The summed E-state index contributed by atoms with van der Waals surface area (Å²) in [7, 11) is 0. The average molecular weight is 453 g/mol. The highest BCUT2D eigenvalue weighted by molar-refractivity contribution is 6.30.